The summed E-state index contributed by atoms with van der Waals surface area (Å²) in [5, 5.41) is 12.5. The van der Waals surface area contributed by atoms with Gasteiger partial charge in [-0.1, -0.05) is 47.6 Å². The van der Waals surface area contributed by atoms with Gasteiger partial charge < -0.3 is 5.21 Å². The fourth-order valence-corrected chi connectivity index (χ4v) is 2.68. The fraction of sp³-hybridized carbons (Fsp3) is 0. The number of hydrogen-bond donors (Lipinski definition) is 1. The van der Waals surface area contributed by atoms with Gasteiger partial charge in [0.1, 0.15) is 5.69 Å². The number of hydrogen-bond acceptors (Lipinski definition) is 4. The van der Waals surface area contributed by atoms with E-state index in [1.807, 2.05) is 54.6 Å². The highest BCUT2D eigenvalue weighted by molar-refractivity contribution is 7.16. The number of fused-ring (bicyclic) bond motifs is 1. The first-order valence-corrected chi connectivity index (χ1v) is 6.33. The first-order chi connectivity index (χ1) is 8.88. The highest BCUT2D eigenvalue weighted by Crippen LogP contribution is 2.19. The van der Waals surface area contributed by atoms with E-state index >= 15 is 0 Å². The van der Waals surface area contributed by atoms with Gasteiger partial charge in [-0.3, -0.25) is 0 Å². The van der Waals surface area contributed by atoms with E-state index in [0.29, 0.717) is 10.4 Å². The van der Waals surface area contributed by atoms with Crippen molar-refractivity contribution in [1.29, 1.82) is 0 Å². The summed E-state index contributed by atoms with van der Waals surface area (Å²) in [6, 6.07) is 17.6. The van der Waals surface area contributed by atoms with Crippen molar-refractivity contribution in [3.05, 3.63) is 59.3 Å². The number of rotatable bonds is 1. The Labute approximate surface area is 108 Å². The first kappa shape index (κ1) is 10.9. The smallest absolute Gasteiger partial charge is 0.182 e. The van der Waals surface area contributed by atoms with E-state index in [4.69, 9.17) is 5.21 Å². The molecule has 0 radical (unpaired) electrons. The minimum atomic E-state index is 0.528. The van der Waals surface area contributed by atoms with Gasteiger partial charge in [-0.05, 0) is 12.1 Å². The van der Waals surface area contributed by atoms with Crippen LogP contribution in [0.5, 0.6) is 0 Å². The molecule has 3 rings (SSSR count). The summed E-state index contributed by atoms with van der Waals surface area (Å²) in [5.74, 6) is 0. The molecule has 0 saturated carbocycles. The zero-order valence-corrected chi connectivity index (χ0v) is 10.3. The third-order valence-electron chi connectivity index (χ3n) is 2.64. The lowest BCUT2D eigenvalue weighted by molar-refractivity contribution is 0.304. The van der Waals surface area contributed by atoms with E-state index in [1.54, 1.807) is 0 Å². The zero-order valence-electron chi connectivity index (χ0n) is 9.45. The first-order valence-electron chi connectivity index (χ1n) is 5.52. The van der Waals surface area contributed by atoms with Crippen LogP contribution < -0.4 is 4.67 Å². The van der Waals surface area contributed by atoms with E-state index in [2.05, 4.69) is 10.1 Å². The molecule has 1 N–H and O–H groups in total. The average molecular weight is 254 g/mol. The lowest BCUT2D eigenvalue weighted by Gasteiger charge is -2.02. The van der Waals surface area contributed by atoms with Crippen LogP contribution in [-0.4, -0.2) is 10.2 Å². The standard InChI is InChI=1S/C14H10N2OS/c17-16-14-13(10-6-2-1-3-7-10)15-11-8-4-5-9-12(11)18-14/h1-9,17H. The van der Waals surface area contributed by atoms with Crippen LogP contribution in [0.25, 0.3) is 21.5 Å². The molecule has 0 fully saturated rings. The minimum Gasteiger partial charge on any atom is -0.410 e. The van der Waals surface area contributed by atoms with Crippen LogP contribution in [0.2, 0.25) is 0 Å². The molecule has 1 heterocycles. The number of para-hydroxylation sites is 1. The van der Waals surface area contributed by atoms with Gasteiger partial charge >= 0.3 is 0 Å². The molecule has 4 heteroatoms. The van der Waals surface area contributed by atoms with Gasteiger partial charge in [0.25, 0.3) is 0 Å². The molecule has 88 valence electrons. The largest absolute Gasteiger partial charge is 0.410 e. The predicted octanol–water partition coefficient (Wildman–Crippen LogP) is 3.25. The summed E-state index contributed by atoms with van der Waals surface area (Å²) in [6.45, 7) is 0. The van der Waals surface area contributed by atoms with Crippen LogP contribution in [0.4, 0.5) is 0 Å². The lowest BCUT2D eigenvalue weighted by atomic mass is 10.2. The molecule has 0 aliphatic carbocycles. The summed E-state index contributed by atoms with van der Waals surface area (Å²) >= 11 is 1.43. The molecule has 2 aromatic carbocycles. The van der Waals surface area contributed by atoms with Crippen LogP contribution in [0.15, 0.2) is 59.8 Å². The molecule has 1 aromatic heterocycles. The highest BCUT2D eigenvalue weighted by atomic mass is 32.1. The molecule has 0 saturated heterocycles. The maximum Gasteiger partial charge on any atom is 0.182 e. The third kappa shape index (κ3) is 1.87. The maximum atomic E-state index is 9.13. The normalized spacial score (nSPS) is 11.9. The molecule has 18 heavy (non-hydrogen) atoms. The summed E-state index contributed by atoms with van der Waals surface area (Å²) in [7, 11) is 0. The minimum absolute atomic E-state index is 0.528. The summed E-state index contributed by atoms with van der Waals surface area (Å²) < 4.78 is 1.53. The van der Waals surface area contributed by atoms with Gasteiger partial charge in [-0.25, -0.2) is 4.98 Å². The second-order valence-corrected chi connectivity index (χ2v) is 4.83. The van der Waals surface area contributed by atoms with Gasteiger partial charge in [0.15, 0.2) is 4.67 Å². The van der Waals surface area contributed by atoms with Crippen LogP contribution in [0.1, 0.15) is 0 Å². The van der Waals surface area contributed by atoms with Gasteiger partial charge in [0, 0.05) is 5.56 Å². The van der Waals surface area contributed by atoms with Gasteiger partial charge in [-0.2, -0.15) is 0 Å². The fourth-order valence-electron chi connectivity index (χ4n) is 1.81. The van der Waals surface area contributed by atoms with Crippen molar-refractivity contribution in [2.75, 3.05) is 0 Å². The number of benzene rings is 2. The SMILES string of the molecule is ON=c1sc2ccccc2nc1-c1ccccc1. The molecule has 0 unspecified atom stereocenters. The van der Waals surface area contributed by atoms with Crippen LogP contribution in [-0.2, 0) is 0 Å². The van der Waals surface area contributed by atoms with Crippen molar-refractivity contribution in [2.24, 2.45) is 5.16 Å². The third-order valence-corrected chi connectivity index (χ3v) is 3.68. The Hall–Kier alpha value is -2.20. The molecule has 0 aliphatic heterocycles. The van der Waals surface area contributed by atoms with Crippen LogP contribution >= 0.6 is 11.3 Å². The van der Waals surface area contributed by atoms with Crippen molar-refractivity contribution >= 4 is 21.6 Å². The lowest BCUT2D eigenvalue weighted by Crippen LogP contribution is -2.04. The molecule has 3 nitrogen and oxygen atoms in total. The van der Waals surface area contributed by atoms with E-state index in [1.165, 1.54) is 11.3 Å². The van der Waals surface area contributed by atoms with Gasteiger partial charge in [-0.15, -0.1) is 11.3 Å². The van der Waals surface area contributed by atoms with Crippen molar-refractivity contribution in [3.8, 4) is 11.3 Å². The molecule has 0 spiro atoms. The second kappa shape index (κ2) is 4.58. The van der Waals surface area contributed by atoms with E-state index in [9.17, 15) is 0 Å². The monoisotopic (exact) mass is 254 g/mol. The Kier molecular flexibility index (Phi) is 2.78. The molecular weight excluding hydrogens is 244 g/mol. The number of aromatic nitrogens is 1. The molecule has 0 atom stereocenters. The summed E-state index contributed by atoms with van der Waals surface area (Å²) in [5.41, 5.74) is 2.57. The van der Waals surface area contributed by atoms with Crippen LogP contribution in [0, 0.1) is 0 Å². The summed E-state index contributed by atoms with van der Waals surface area (Å²) in [6.07, 6.45) is 0. The molecule has 3 aromatic rings. The summed E-state index contributed by atoms with van der Waals surface area (Å²) in [4.78, 5) is 4.57. The van der Waals surface area contributed by atoms with Crippen molar-refractivity contribution < 1.29 is 5.21 Å². The van der Waals surface area contributed by atoms with E-state index < -0.39 is 0 Å². The van der Waals surface area contributed by atoms with Gasteiger partial charge in [0.2, 0.25) is 0 Å². The van der Waals surface area contributed by atoms with Crippen molar-refractivity contribution in [3.63, 3.8) is 0 Å². The number of nitrogens with zero attached hydrogens (tertiary/aromatic N) is 2. The Morgan fingerprint density at radius 2 is 1.67 bits per heavy atom. The Morgan fingerprint density at radius 3 is 2.44 bits per heavy atom. The van der Waals surface area contributed by atoms with Crippen LogP contribution in [0.3, 0.4) is 0 Å². The topological polar surface area (TPSA) is 45.5 Å². The van der Waals surface area contributed by atoms with E-state index in [0.717, 1.165) is 15.8 Å². The maximum absolute atomic E-state index is 9.13. The Balaban J connectivity index is 2.35. The van der Waals surface area contributed by atoms with E-state index in [-0.39, 0.29) is 0 Å². The Bertz CT molecular complexity index is 750. The molecule has 0 bridgehead atoms. The second-order valence-electron chi connectivity index (χ2n) is 3.80. The van der Waals surface area contributed by atoms with Gasteiger partial charge in [0.05, 0.1) is 10.2 Å². The molecule has 0 aliphatic rings. The quantitative estimate of drug-likeness (QED) is 0.535. The van der Waals surface area contributed by atoms with Crippen molar-refractivity contribution in [1.82, 2.24) is 4.98 Å². The highest BCUT2D eigenvalue weighted by Gasteiger charge is 2.06. The molecule has 0 amide bonds. The zero-order chi connectivity index (χ0) is 12.4. The Morgan fingerprint density at radius 1 is 0.944 bits per heavy atom. The van der Waals surface area contributed by atoms with Crippen molar-refractivity contribution in [2.45, 2.75) is 0 Å². The molecular formula is C14H10N2OS. The average Bonchev–Trinajstić information content (AvgIpc) is 2.46. The predicted molar refractivity (Wildman–Crippen MR) is 72.4 cm³/mol.